The summed E-state index contributed by atoms with van der Waals surface area (Å²) < 4.78 is 8.03. The minimum Gasteiger partial charge on any atom is -0.363 e. The van der Waals surface area contributed by atoms with Gasteiger partial charge < -0.3 is 9.30 Å². The van der Waals surface area contributed by atoms with Crippen LogP contribution < -0.4 is 11.3 Å². The van der Waals surface area contributed by atoms with E-state index in [0.29, 0.717) is 0 Å². The molecule has 2 aromatic rings. The van der Waals surface area contributed by atoms with Crippen LogP contribution in [0.3, 0.4) is 0 Å². The molecule has 2 atom stereocenters. The molecule has 1 fully saturated rings. The minimum atomic E-state index is -0.410. The third-order valence-electron chi connectivity index (χ3n) is 3.95. The Bertz CT molecular complexity index is 635. The number of nitrogens with two attached hydrogens (primary N) is 1. The fourth-order valence-corrected chi connectivity index (χ4v) is 2.92. The average molecular weight is 273 g/mol. The molecule has 1 aliphatic heterocycles. The zero-order valence-corrected chi connectivity index (χ0v) is 11.5. The van der Waals surface area contributed by atoms with E-state index in [1.807, 2.05) is 12.1 Å². The zero-order valence-electron chi connectivity index (χ0n) is 11.5. The summed E-state index contributed by atoms with van der Waals surface area (Å²) >= 11 is 0. The first kappa shape index (κ1) is 13.1. The lowest BCUT2D eigenvalue weighted by Gasteiger charge is -2.15. The Balaban J connectivity index is 1.78. The highest BCUT2D eigenvalue weighted by Gasteiger charge is 2.30. The number of carbonyl (C=O) groups is 1. The number of benzene rings is 1. The maximum atomic E-state index is 11.5. The van der Waals surface area contributed by atoms with Crippen LogP contribution in [0.2, 0.25) is 0 Å². The maximum Gasteiger partial charge on any atom is 0.263 e. The number of rotatable bonds is 3. The first-order chi connectivity index (χ1) is 9.69. The number of hydrazine groups is 1. The molecule has 106 valence electrons. The van der Waals surface area contributed by atoms with E-state index in [-0.39, 0.29) is 12.0 Å². The Hall–Kier alpha value is -1.85. The number of hydrogen-bond donors (Lipinski definition) is 2. The molecule has 3 rings (SSSR count). The number of amides is 1. The second-order valence-electron chi connectivity index (χ2n) is 5.29. The van der Waals surface area contributed by atoms with Gasteiger partial charge in [0, 0.05) is 17.8 Å². The molecule has 2 heterocycles. The molecule has 2 unspecified atom stereocenters. The normalized spacial score (nSPS) is 22.3. The molecular formula is C15H19N3O2. The smallest absolute Gasteiger partial charge is 0.263 e. The van der Waals surface area contributed by atoms with Gasteiger partial charge in [0.1, 0.15) is 6.10 Å². The molecule has 0 aliphatic carbocycles. The molecular weight excluding hydrogens is 254 g/mol. The lowest BCUT2D eigenvalue weighted by atomic mass is 10.2. The second-order valence-corrected chi connectivity index (χ2v) is 5.29. The van der Waals surface area contributed by atoms with Crippen molar-refractivity contribution in [1.82, 2.24) is 9.99 Å². The van der Waals surface area contributed by atoms with Crippen molar-refractivity contribution in [3.8, 4) is 0 Å². The minimum absolute atomic E-state index is 0.0619. The van der Waals surface area contributed by atoms with E-state index in [0.717, 1.165) is 19.4 Å². The lowest BCUT2D eigenvalue weighted by molar-refractivity contribution is -0.132. The highest BCUT2D eigenvalue weighted by Crippen LogP contribution is 2.25. The molecule has 1 aromatic carbocycles. The van der Waals surface area contributed by atoms with E-state index in [1.54, 1.807) is 0 Å². The highest BCUT2D eigenvalue weighted by molar-refractivity contribution is 5.81. The van der Waals surface area contributed by atoms with Crippen LogP contribution in [-0.4, -0.2) is 22.7 Å². The molecule has 3 N–H and O–H groups in total. The Labute approximate surface area is 117 Å². The third kappa shape index (κ3) is 2.30. The van der Waals surface area contributed by atoms with Gasteiger partial charge in [0.2, 0.25) is 0 Å². The molecule has 1 aliphatic rings. The first-order valence-electron chi connectivity index (χ1n) is 6.90. The van der Waals surface area contributed by atoms with Crippen molar-refractivity contribution in [3.63, 3.8) is 0 Å². The highest BCUT2D eigenvalue weighted by atomic mass is 16.5. The van der Waals surface area contributed by atoms with Crippen LogP contribution >= 0.6 is 0 Å². The van der Waals surface area contributed by atoms with Crippen LogP contribution in [0.1, 0.15) is 18.5 Å². The second kappa shape index (κ2) is 5.26. The first-order valence-corrected chi connectivity index (χ1v) is 6.90. The van der Waals surface area contributed by atoms with Gasteiger partial charge in [0.05, 0.1) is 6.10 Å². The lowest BCUT2D eigenvalue weighted by Crippen LogP contribution is -2.39. The topological polar surface area (TPSA) is 69.3 Å². The molecule has 0 bridgehead atoms. The van der Waals surface area contributed by atoms with Crippen molar-refractivity contribution in [1.29, 1.82) is 0 Å². The van der Waals surface area contributed by atoms with Gasteiger partial charge >= 0.3 is 0 Å². The fourth-order valence-electron chi connectivity index (χ4n) is 2.92. The van der Waals surface area contributed by atoms with Crippen LogP contribution in [0.5, 0.6) is 0 Å². The van der Waals surface area contributed by atoms with Gasteiger partial charge in [0.15, 0.2) is 0 Å². The van der Waals surface area contributed by atoms with E-state index in [1.165, 1.54) is 16.6 Å². The van der Waals surface area contributed by atoms with E-state index < -0.39 is 6.10 Å². The molecule has 20 heavy (non-hydrogen) atoms. The van der Waals surface area contributed by atoms with Crippen LogP contribution in [-0.2, 0) is 16.1 Å². The SMILES string of the molecule is Cc1cc2ccccc2n1CC1CCC(C(=O)NN)O1. The largest absolute Gasteiger partial charge is 0.363 e. The number of aromatic nitrogens is 1. The summed E-state index contributed by atoms with van der Waals surface area (Å²) in [5, 5.41) is 1.24. The van der Waals surface area contributed by atoms with Crippen molar-refractivity contribution < 1.29 is 9.53 Å². The standard InChI is InChI=1S/C15H19N3O2/c1-10-8-11-4-2-3-5-13(11)18(10)9-12-6-7-14(20-12)15(19)17-16/h2-5,8,12,14H,6-7,9,16H2,1H3,(H,17,19). The third-order valence-corrected chi connectivity index (χ3v) is 3.95. The van der Waals surface area contributed by atoms with Gasteiger partial charge in [-0.2, -0.15) is 0 Å². The van der Waals surface area contributed by atoms with Gasteiger partial charge in [-0.1, -0.05) is 18.2 Å². The van der Waals surface area contributed by atoms with Crippen molar-refractivity contribution in [2.75, 3.05) is 0 Å². The predicted octanol–water partition coefficient (Wildman–Crippen LogP) is 1.49. The van der Waals surface area contributed by atoms with Crippen LogP contribution in [0, 0.1) is 6.92 Å². The number of hydrogen-bond acceptors (Lipinski definition) is 3. The monoisotopic (exact) mass is 273 g/mol. The summed E-state index contributed by atoms with van der Waals surface area (Å²) in [7, 11) is 0. The van der Waals surface area contributed by atoms with E-state index in [4.69, 9.17) is 10.6 Å². The van der Waals surface area contributed by atoms with Gasteiger partial charge in [-0.3, -0.25) is 10.2 Å². The van der Waals surface area contributed by atoms with Gasteiger partial charge in [-0.25, -0.2) is 5.84 Å². The summed E-state index contributed by atoms with van der Waals surface area (Å²) in [5.41, 5.74) is 4.57. The number of nitrogens with one attached hydrogen (secondary N) is 1. The number of carbonyl (C=O) groups excluding carboxylic acids is 1. The van der Waals surface area contributed by atoms with Gasteiger partial charge in [-0.05, 0) is 37.3 Å². The van der Waals surface area contributed by atoms with Crippen LogP contribution in [0.4, 0.5) is 0 Å². The quantitative estimate of drug-likeness (QED) is 0.505. The van der Waals surface area contributed by atoms with Crippen molar-refractivity contribution in [2.24, 2.45) is 5.84 Å². The van der Waals surface area contributed by atoms with Crippen molar-refractivity contribution in [3.05, 3.63) is 36.0 Å². The Morgan fingerprint density at radius 3 is 3.05 bits per heavy atom. The van der Waals surface area contributed by atoms with Crippen molar-refractivity contribution in [2.45, 2.75) is 38.5 Å². The Morgan fingerprint density at radius 1 is 1.45 bits per heavy atom. The molecule has 5 heteroatoms. The summed E-state index contributed by atoms with van der Waals surface area (Å²) in [6, 6.07) is 10.5. The molecule has 1 aromatic heterocycles. The summed E-state index contributed by atoms with van der Waals surface area (Å²) in [6.45, 7) is 2.87. The Kier molecular flexibility index (Phi) is 3.46. The van der Waals surface area contributed by atoms with Crippen LogP contribution in [0.15, 0.2) is 30.3 Å². The van der Waals surface area contributed by atoms with Crippen LogP contribution in [0.25, 0.3) is 10.9 Å². The number of nitrogens with zero attached hydrogens (tertiary/aromatic N) is 1. The molecule has 1 amide bonds. The van der Waals surface area contributed by atoms with Gasteiger partial charge in [0.25, 0.3) is 5.91 Å². The van der Waals surface area contributed by atoms with Gasteiger partial charge in [-0.15, -0.1) is 0 Å². The van der Waals surface area contributed by atoms with E-state index >= 15 is 0 Å². The molecule has 5 nitrogen and oxygen atoms in total. The molecule has 0 spiro atoms. The molecule has 1 saturated heterocycles. The zero-order chi connectivity index (χ0) is 14.1. The maximum absolute atomic E-state index is 11.5. The van der Waals surface area contributed by atoms with E-state index in [2.05, 4.69) is 35.1 Å². The van der Waals surface area contributed by atoms with E-state index in [9.17, 15) is 4.79 Å². The molecule has 0 radical (unpaired) electrons. The number of fused-ring (bicyclic) bond motifs is 1. The number of ether oxygens (including phenoxy) is 1. The number of aryl methyl sites for hydroxylation is 1. The average Bonchev–Trinajstić information content (AvgIpc) is 3.04. The fraction of sp³-hybridized carbons (Fsp3) is 0.400. The summed E-state index contributed by atoms with van der Waals surface area (Å²) in [5.74, 6) is 4.91. The summed E-state index contributed by atoms with van der Waals surface area (Å²) in [6.07, 6.45) is 1.26. The molecule has 0 saturated carbocycles. The Morgan fingerprint density at radius 2 is 2.25 bits per heavy atom. The summed E-state index contributed by atoms with van der Waals surface area (Å²) in [4.78, 5) is 11.5. The predicted molar refractivity (Wildman–Crippen MR) is 76.9 cm³/mol. The number of para-hydroxylation sites is 1. The van der Waals surface area contributed by atoms with Crippen molar-refractivity contribution >= 4 is 16.8 Å².